The fraction of sp³-hybridized carbons (Fsp3) is 0.211. The Morgan fingerprint density at radius 1 is 1.18 bits per heavy atom. The summed E-state index contributed by atoms with van der Waals surface area (Å²) in [6.07, 6.45) is 1.87. The standard InChI is InChI=1S/C19H18O3/c1-12-7-13(2)19-17(8-12)18(20)15(11-22-19)9-14-5-4-6-16(10-14)21-3/h4-10H,11H2,1-3H3/b15-9+. The molecule has 2 aromatic rings. The fourth-order valence-electron chi connectivity index (χ4n) is 2.74. The van der Waals surface area contributed by atoms with Crippen LogP contribution in [0.25, 0.3) is 6.08 Å². The van der Waals surface area contributed by atoms with Gasteiger partial charge >= 0.3 is 0 Å². The molecule has 3 nitrogen and oxygen atoms in total. The van der Waals surface area contributed by atoms with Crippen molar-refractivity contribution in [2.45, 2.75) is 13.8 Å². The second-order valence-electron chi connectivity index (χ2n) is 5.52. The first kappa shape index (κ1) is 14.4. The van der Waals surface area contributed by atoms with E-state index < -0.39 is 0 Å². The van der Waals surface area contributed by atoms with Crippen LogP contribution in [-0.4, -0.2) is 19.5 Å². The van der Waals surface area contributed by atoms with Crippen LogP contribution in [0.3, 0.4) is 0 Å². The van der Waals surface area contributed by atoms with Crippen molar-refractivity contribution in [1.82, 2.24) is 0 Å². The van der Waals surface area contributed by atoms with Crippen LogP contribution >= 0.6 is 0 Å². The van der Waals surface area contributed by atoms with Gasteiger partial charge in [-0.25, -0.2) is 0 Å². The van der Waals surface area contributed by atoms with E-state index in [4.69, 9.17) is 9.47 Å². The van der Waals surface area contributed by atoms with E-state index in [0.717, 1.165) is 22.4 Å². The number of benzene rings is 2. The van der Waals surface area contributed by atoms with Gasteiger partial charge in [-0.05, 0) is 54.8 Å². The SMILES string of the molecule is COc1cccc(/C=C2\COc3c(C)cc(C)cc3C2=O)c1. The Kier molecular flexibility index (Phi) is 3.72. The highest BCUT2D eigenvalue weighted by atomic mass is 16.5. The van der Waals surface area contributed by atoms with Crippen LogP contribution in [0.1, 0.15) is 27.0 Å². The number of carbonyl (C=O) groups is 1. The molecule has 112 valence electrons. The van der Waals surface area contributed by atoms with Gasteiger partial charge < -0.3 is 9.47 Å². The number of carbonyl (C=O) groups excluding carboxylic acids is 1. The van der Waals surface area contributed by atoms with Gasteiger partial charge in [0.2, 0.25) is 0 Å². The summed E-state index contributed by atoms with van der Waals surface area (Å²) < 4.78 is 11.0. The predicted octanol–water partition coefficient (Wildman–Crippen LogP) is 3.97. The fourth-order valence-corrected chi connectivity index (χ4v) is 2.74. The van der Waals surface area contributed by atoms with Gasteiger partial charge in [0, 0.05) is 5.57 Å². The summed E-state index contributed by atoms with van der Waals surface area (Å²) in [6, 6.07) is 11.5. The van der Waals surface area contributed by atoms with Gasteiger partial charge in [0.05, 0.1) is 12.7 Å². The summed E-state index contributed by atoms with van der Waals surface area (Å²) in [5, 5.41) is 0. The maximum atomic E-state index is 12.7. The molecule has 0 fully saturated rings. The molecular weight excluding hydrogens is 276 g/mol. The predicted molar refractivity (Wildman–Crippen MR) is 86.7 cm³/mol. The van der Waals surface area contributed by atoms with Gasteiger partial charge in [0.1, 0.15) is 18.1 Å². The molecule has 0 saturated carbocycles. The average Bonchev–Trinajstić information content (AvgIpc) is 2.51. The molecule has 3 heteroatoms. The van der Waals surface area contributed by atoms with Crippen molar-refractivity contribution in [2.24, 2.45) is 0 Å². The van der Waals surface area contributed by atoms with Crippen LogP contribution in [0.5, 0.6) is 11.5 Å². The first-order valence-corrected chi connectivity index (χ1v) is 7.22. The van der Waals surface area contributed by atoms with Crippen LogP contribution in [0.15, 0.2) is 42.0 Å². The van der Waals surface area contributed by atoms with E-state index in [1.165, 1.54) is 0 Å². The van der Waals surface area contributed by atoms with Gasteiger partial charge in [-0.2, -0.15) is 0 Å². The number of rotatable bonds is 2. The first-order chi connectivity index (χ1) is 10.6. The highest BCUT2D eigenvalue weighted by Crippen LogP contribution is 2.32. The maximum absolute atomic E-state index is 12.7. The zero-order valence-electron chi connectivity index (χ0n) is 13.0. The molecule has 0 aliphatic carbocycles. The zero-order chi connectivity index (χ0) is 15.7. The van der Waals surface area contributed by atoms with Gasteiger partial charge in [-0.1, -0.05) is 18.2 Å². The normalized spacial score (nSPS) is 15.4. The number of aryl methyl sites for hydroxylation is 2. The van der Waals surface area contributed by atoms with E-state index in [1.54, 1.807) is 7.11 Å². The number of hydrogen-bond acceptors (Lipinski definition) is 3. The molecule has 3 rings (SSSR count). The summed E-state index contributed by atoms with van der Waals surface area (Å²) in [6.45, 7) is 4.25. The second-order valence-corrected chi connectivity index (χ2v) is 5.52. The van der Waals surface area contributed by atoms with Crippen molar-refractivity contribution in [3.05, 3.63) is 64.2 Å². The zero-order valence-corrected chi connectivity index (χ0v) is 13.0. The van der Waals surface area contributed by atoms with E-state index in [2.05, 4.69) is 0 Å². The minimum absolute atomic E-state index is 0.0378. The Morgan fingerprint density at radius 2 is 2.00 bits per heavy atom. The van der Waals surface area contributed by atoms with Crippen LogP contribution in [0, 0.1) is 13.8 Å². The molecule has 0 N–H and O–H groups in total. The molecular formula is C19H18O3. The van der Waals surface area contributed by atoms with Gasteiger partial charge in [-0.3, -0.25) is 4.79 Å². The summed E-state index contributed by atoms with van der Waals surface area (Å²) in [7, 11) is 1.63. The Bertz CT molecular complexity index is 772. The van der Waals surface area contributed by atoms with Crippen LogP contribution < -0.4 is 9.47 Å². The smallest absolute Gasteiger partial charge is 0.196 e. The molecule has 0 aromatic heterocycles. The maximum Gasteiger partial charge on any atom is 0.196 e. The number of ether oxygens (including phenoxy) is 2. The summed E-state index contributed by atoms with van der Waals surface area (Å²) in [5.41, 5.74) is 4.31. The number of fused-ring (bicyclic) bond motifs is 1. The summed E-state index contributed by atoms with van der Waals surface area (Å²) >= 11 is 0. The minimum atomic E-state index is 0.0378. The molecule has 1 aliphatic heterocycles. The van der Waals surface area contributed by atoms with Crippen molar-refractivity contribution in [3.8, 4) is 11.5 Å². The molecule has 22 heavy (non-hydrogen) atoms. The highest BCUT2D eigenvalue weighted by molar-refractivity contribution is 6.14. The van der Waals surface area contributed by atoms with Crippen molar-refractivity contribution in [3.63, 3.8) is 0 Å². The Hall–Kier alpha value is -2.55. The summed E-state index contributed by atoms with van der Waals surface area (Å²) in [5.74, 6) is 1.51. The second kappa shape index (κ2) is 5.68. The van der Waals surface area contributed by atoms with E-state index >= 15 is 0 Å². The third-order valence-corrected chi connectivity index (χ3v) is 3.76. The number of ketones is 1. The van der Waals surface area contributed by atoms with Crippen molar-refractivity contribution in [2.75, 3.05) is 13.7 Å². The lowest BCUT2D eigenvalue weighted by Crippen LogP contribution is -2.20. The van der Waals surface area contributed by atoms with E-state index in [0.29, 0.717) is 23.5 Å². The molecule has 0 atom stereocenters. The van der Waals surface area contributed by atoms with Crippen molar-refractivity contribution in [1.29, 1.82) is 0 Å². The van der Waals surface area contributed by atoms with Crippen LogP contribution in [0.2, 0.25) is 0 Å². The largest absolute Gasteiger partial charge is 0.497 e. The third kappa shape index (κ3) is 2.62. The lowest BCUT2D eigenvalue weighted by molar-refractivity contribution is 0.100. The number of hydrogen-bond donors (Lipinski definition) is 0. The molecule has 0 spiro atoms. The first-order valence-electron chi connectivity index (χ1n) is 7.22. The number of methoxy groups -OCH3 is 1. The molecule has 1 aliphatic rings. The number of Topliss-reactive ketones (excluding diaryl/α,β-unsaturated/α-hetero) is 1. The van der Waals surface area contributed by atoms with Gasteiger partial charge in [0.15, 0.2) is 5.78 Å². The lowest BCUT2D eigenvalue weighted by atomic mass is 9.95. The van der Waals surface area contributed by atoms with Crippen LogP contribution in [-0.2, 0) is 0 Å². The molecule has 0 radical (unpaired) electrons. The average molecular weight is 294 g/mol. The van der Waals surface area contributed by atoms with E-state index in [9.17, 15) is 4.79 Å². The van der Waals surface area contributed by atoms with Crippen molar-refractivity contribution >= 4 is 11.9 Å². The van der Waals surface area contributed by atoms with Crippen LogP contribution in [0.4, 0.5) is 0 Å². The third-order valence-electron chi connectivity index (χ3n) is 3.76. The molecule has 0 bridgehead atoms. The van der Waals surface area contributed by atoms with Crippen molar-refractivity contribution < 1.29 is 14.3 Å². The molecule has 0 amide bonds. The highest BCUT2D eigenvalue weighted by Gasteiger charge is 2.25. The monoisotopic (exact) mass is 294 g/mol. The minimum Gasteiger partial charge on any atom is -0.497 e. The summed E-state index contributed by atoms with van der Waals surface area (Å²) in [4.78, 5) is 12.7. The molecule has 0 unspecified atom stereocenters. The topological polar surface area (TPSA) is 35.5 Å². The Balaban J connectivity index is 2.00. The Labute approximate surface area is 130 Å². The van der Waals surface area contributed by atoms with E-state index in [1.807, 2.05) is 56.3 Å². The van der Waals surface area contributed by atoms with Gasteiger partial charge in [0.25, 0.3) is 0 Å². The lowest BCUT2D eigenvalue weighted by Gasteiger charge is -2.21. The molecule has 0 saturated heterocycles. The van der Waals surface area contributed by atoms with Gasteiger partial charge in [-0.15, -0.1) is 0 Å². The molecule has 1 heterocycles. The Morgan fingerprint density at radius 3 is 2.77 bits per heavy atom. The van der Waals surface area contributed by atoms with E-state index in [-0.39, 0.29) is 5.78 Å². The molecule has 2 aromatic carbocycles. The quantitative estimate of drug-likeness (QED) is 0.786.